The van der Waals surface area contributed by atoms with Gasteiger partial charge in [0, 0.05) is 18.0 Å². The maximum atomic E-state index is 12.1. The van der Waals surface area contributed by atoms with Gasteiger partial charge in [-0.3, -0.25) is 4.79 Å². The van der Waals surface area contributed by atoms with Crippen LogP contribution in [0.2, 0.25) is 0 Å². The van der Waals surface area contributed by atoms with Crippen molar-refractivity contribution in [1.29, 1.82) is 0 Å². The van der Waals surface area contributed by atoms with Crippen LogP contribution in [-0.2, 0) is 11.3 Å². The van der Waals surface area contributed by atoms with Gasteiger partial charge in [0.2, 0.25) is 0 Å². The number of carbonyl (C=O) groups excluding carboxylic acids is 1. The molecule has 2 amide bonds. The predicted octanol–water partition coefficient (Wildman–Crippen LogP) is 1.85. The molecule has 20 heavy (non-hydrogen) atoms. The molecular weight excluding hydrogens is 278 g/mol. The Bertz CT molecular complexity index is 517. The molecule has 1 unspecified atom stereocenters. The van der Waals surface area contributed by atoms with Crippen molar-refractivity contribution in [3.8, 4) is 0 Å². The molecule has 1 aliphatic rings. The standard InChI is InChI=1S/C13H19N3O3S/c1-3-13(11(17)18)4-5-16(7-13)12(19)14-6-10-9(2)15-8-20-10/h8H,3-7H2,1-2H3,(H,14,19)(H,17,18). The molecule has 0 spiro atoms. The topological polar surface area (TPSA) is 82.5 Å². The number of nitrogens with zero attached hydrogens (tertiary/aromatic N) is 2. The van der Waals surface area contributed by atoms with Crippen molar-refractivity contribution in [3.63, 3.8) is 0 Å². The zero-order valence-corrected chi connectivity index (χ0v) is 12.5. The molecule has 1 atom stereocenters. The van der Waals surface area contributed by atoms with E-state index in [-0.39, 0.29) is 12.6 Å². The maximum absolute atomic E-state index is 12.1. The molecule has 1 aromatic rings. The zero-order chi connectivity index (χ0) is 14.8. The highest BCUT2D eigenvalue weighted by Crippen LogP contribution is 2.34. The first-order valence-corrected chi connectivity index (χ1v) is 7.51. The van der Waals surface area contributed by atoms with Crippen molar-refractivity contribution in [2.45, 2.75) is 33.2 Å². The van der Waals surface area contributed by atoms with Gasteiger partial charge in [-0.2, -0.15) is 0 Å². The first kappa shape index (κ1) is 14.8. The van der Waals surface area contributed by atoms with E-state index in [1.807, 2.05) is 13.8 Å². The smallest absolute Gasteiger partial charge is 0.317 e. The monoisotopic (exact) mass is 297 g/mol. The zero-order valence-electron chi connectivity index (χ0n) is 11.7. The number of aryl methyl sites for hydroxylation is 1. The highest BCUT2D eigenvalue weighted by atomic mass is 32.1. The molecule has 1 aromatic heterocycles. The summed E-state index contributed by atoms with van der Waals surface area (Å²) in [6.45, 7) is 4.98. The normalized spacial score (nSPS) is 22.0. The number of aromatic nitrogens is 1. The summed E-state index contributed by atoms with van der Waals surface area (Å²) in [7, 11) is 0. The second-order valence-corrected chi connectivity index (χ2v) is 6.07. The Balaban J connectivity index is 1.92. The van der Waals surface area contributed by atoms with E-state index < -0.39 is 11.4 Å². The summed E-state index contributed by atoms with van der Waals surface area (Å²) in [5.41, 5.74) is 1.89. The van der Waals surface area contributed by atoms with Crippen molar-refractivity contribution in [2.75, 3.05) is 13.1 Å². The van der Waals surface area contributed by atoms with Gasteiger partial charge in [0.1, 0.15) is 0 Å². The Kier molecular flexibility index (Phi) is 4.27. The van der Waals surface area contributed by atoms with Crippen LogP contribution in [0.3, 0.4) is 0 Å². The summed E-state index contributed by atoms with van der Waals surface area (Å²) in [5.74, 6) is -0.811. The van der Waals surface area contributed by atoms with Gasteiger partial charge >= 0.3 is 12.0 Å². The number of hydrogen-bond acceptors (Lipinski definition) is 4. The fourth-order valence-corrected chi connectivity index (χ4v) is 3.14. The van der Waals surface area contributed by atoms with E-state index in [9.17, 15) is 14.7 Å². The number of likely N-dealkylation sites (tertiary alicyclic amines) is 1. The third kappa shape index (κ3) is 2.77. The third-order valence-corrected chi connectivity index (χ3v) is 4.95. The SMILES string of the molecule is CCC1(C(=O)O)CCN(C(=O)NCc2scnc2C)C1. The van der Waals surface area contributed by atoms with Gasteiger partial charge in [-0.05, 0) is 19.8 Å². The van der Waals surface area contributed by atoms with E-state index >= 15 is 0 Å². The van der Waals surface area contributed by atoms with Gasteiger partial charge in [-0.25, -0.2) is 9.78 Å². The average Bonchev–Trinajstić information content (AvgIpc) is 3.03. The lowest BCUT2D eigenvalue weighted by Crippen LogP contribution is -2.41. The van der Waals surface area contributed by atoms with E-state index in [0.29, 0.717) is 25.9 Å². The molecular formula is C13H19N3O3S. The number of carboxylic acid groups (broad SMARTS) is 1. The van der Waals surface area contributed by atoms with Crippen molar-refractivity contribution in [3.05, 3.63) is 16.1 Å². The minimum Gasteiger partial charge on any atom is -0.481 e. The van der Waals surface area contributed by atoms with Gasteiger partial charge in [0.15, 0.2) is 0 Å². The Morgan fingerprint density at radius 2 is 2.35 bits per heavy atom. The average molecular weight is 297 g/mol. The molecule has 0 saturated carbocycles. The van der Waals surface area contributed by atoms with Crippen LogP contribution in [0.25, 0.3) is 0 Å². The molecule has 2 N–H and O–H groups in total. The van der Waals surface area contributed by atoms with Crippen LogP contribution in [0.5, 0.6) is 0 Å². The van der Waals surface area contributed by atoms with Crippen molar-refractivity contribution in [1.82, 2.24) is 15.2 Å². The van der Waals surface area contributed by atoms with Crippen LogP contribution in [0.15, 0.2) is 5.51 Å². The summed E-state index contributed by atoms with van der Waals surface area (Å²) < 4.78 is 0. The largest absolute Gasteiger partial charge is 0.481 e. The lowest BCUT2D eigenvalue weighted by atomic mass is 9.84. The van der Waals surface area contributed by atoms with E-state index in [0.717, 1.165) is 10.6 Å². The molecule has 6 nitrogen and oxygen atoms in total. The third-order valence-electron chi connectivity index (χ3n) is 4.02. The molecule has 0 aliphatic carbocycles. The molecule has 1 saturated heterocycles. The van der Waals surface area contributed by atoms with Crippen molar-refractivity contribution in [2.24, 2.45) is 5.41 Å². The fraction of sp³-hybridized carbons (Fsp3) is 0.615. The van der Waals surface area contributed by atoms with Gasteiger partial charge in [-0.15, -0.1) is 11.3 Å². The summed E-state index contributed by atoms with van der Waals surface area (Å²) in [6, 6.07) is -0.200. The second kappa shape index (κ2) is 5.78. The highest BCUT2D eigenvalue weighted by Gasteiger charge is 2.44. The molecule has 2 heterocycles. The Morgan fingerprint density at radius 3 is 2.85 bits per heavy atom. The van der Waals surface area contributed by atoms with Gasteiger partial charge < -0.3 is 15.3 Å². The number of urea groups is 1. The van der Waals surface area contributed by atoms with Gasteiger partial charge in [-0.1, -0.05) is 6.92 Å². The summed E-state index contributed by atoms with van der Waals surface area (Å²) in [4.78, 5) is 30.2. The Labute approximate surface area is 121 Å². The quantitative estimate of drug-likeness (QED) is 0.888. The van der Waals surface area contributed by atoms with E-state index in [1.165, 1.54) is 11.3 Å². The van der Waals surface area contributed by atoms with Gasteiger partial charge in [0.05, 0.1) is 23.2 Å². The molecule has 1 aliphatic heterocycles. The number of amides is 2. The first-order valence-electron chi connectivity index (χ1n) is 6.63. The lowest BCUT2D eigenvalue weighted by molar-refractivity contribution is -0.148. The molecule has 0 bridgehead atoms. The van der Waals surface area contributed by atoms with Crippen LogP contribution < -0.4 is 5.32 Å². The second-order valence-electron chi connectivity index (χ2n) is 5.13. The number of nitrogens with one attached hydrogen (secondary N) is 1. The molecule has 1 fully saturated rings. The van der Waals surface area contributed by atoms with E-state index in [1.54, 1.807) is 10.4 Å². The number of carboxylic acids is 1. The number of thiazole rings is 1. The van der Waals surface area contributed by atoms with Crippen molar-refractivity contribution >= 4 is 23.3 Å². The molecule has 2 rings (SSSR count). The number of carbonyl (C=O) groups is 2. The highest BCUT2D eigenvalue weighted by molar-refractivity contribution is 7.09. The summed E-state index contributed by atoms with van der Waals surface area (Å²) in [5, 5.41) is 12.1. The van der Waals surface area contributed by atoms with Crippen LogP contribution >= 0.6 is 11.3 Å². The van der Waals surface area contributed by atoms with Gasteiger partial charge in [0.25, 0.3) is 0 Å². The van der Waals surface area contributed by atoms with Crippen LogP contribution in [-0.4, -0.2) is 40.1 Å². The molecule has 0 radical (unpaired) electrons. The number of hydrogen-bond donors (Lipinski definition) is 2. The first-order chi connectivity index (χ1) is 9.48. The van der Waals surface area contributed by atoms with Crippen LogP contribution in [0.4, 0.5) is 4.79 Å². The minimum absolute atomic E-state index is 0.200. The Morgan fingerprint density at radius 1 is 1.60 bits per heavy atom. The van der Waals surface area contributed by atoms with Crippen LogP contribution in [0, 0.1) is 12.3 Å². The number of aliphatic carboxylic acids is 1. The van der Waals surface area contributed by atoms with E-state index in [2.05, 4.69) is 10.3 Å². The maximum Gasteiger partial charge on any atom is 0.317 e. The summed E-state index contributed by atoms with van der Waals surface area (Å²) >= 11 is 1.50. The fourth-order valence-electron chi connectivity index (χ4n) is 2.42. The van der Waals surface area contributed by atoms with Crippen LogP contribution in [0.1, 0.15) is 30.3 Å². The van der Waals surface area contributed by atoms with E-state index in [4.69, 9.17) is 0 Å². The molecule has 7 heteroatoms. The predicted molar refractivity (Wildman–Crippen MR) is 75.6 cm³/mol. The molecule has 0 aromatic carbocycles. The summed E-state index contributed by atoms with van der Waals surface area (Å²) in [6.07, 6.45) is 1.06. The minimum atomic E-state index is -0.811. The lowest BCUT2D eigenvalue weighted by Gasteiger charge is -2.23. The Hall–Kier alpha value is -1.63. The number of rotatable bonds is 4. The molecule has 110 valence electrons. The van der Waals surface area contributed by atoms with Crippen molar-refractivity contribution < 1.29 is 14.7 Å².